The second-order valence-corrected chi connectivity index (χ2v) is 15.6. The van der Waals surface area contributed by atoms with Gasteiger partial charge < -0.3 is 24.3 Å². The molecule has 3 aliphatic carbocycles. The number of pyridine rings is 1. The number of nitrogens with one attached hydrogen (secondary N) is 1. The molecule has 2 bridgehead atoms. The number of carbonyl (C=O) groups is 1. The van der Waals surface area contributed by atoms with Crippen LogP contribution in [0.25, 0.3) is 32.9 Å². The monoisotopic (exact) mass is 718 g/mol. The molecule has 5 heterocycles. The molecule has 2 aromatic heterocycles. The van der Waals surface area contributed by atoms with Crippen LogP contribution in [0, 0.1) is 35.9 Å². The zero-order chi connectivity index (χ0) is 36.9. The van der Waals surface area contributed by atoms with Crippen molar-refractivity contribution in [1.82, 2.24) is 19.8 Å². The molecule has 6 aliphatic rings. The molecule has 3 saturated heterocycles. The van der Waals surface area contributed by atoms with Crippen LogP contribution in [0.5, 0.6) is 0 Å². The third-order valence-corrected chi connectivity index (χ3v) is 12.7. The first kappa shape index (κ1) is 29.3. The van der Waals surface area contributed by atoms with Crippen LogP contribution in [-0.4, -0.2) is 64.8 Å². The Morgan fingerprint density at radius 1 is 1.18 bits per heavy atom. The average Bonchev–Trinajstić information content (AvgIpc) is 3.40. The van der Waals surface area contributed by atoms with Crippen molar-refractivity contribution >= 4 is 50.9 Å². The van der Waals surface area contributed by atoms with E-state index in [0.717, 1.165) is 42.4 Å². The van der Waals surface area contributed by atoms with Gasteiger partial charge in [-0.15, -0.1) is 0 Å². The van der Waals surface area contributed by atoms with Crippen molar-refractivity contribution < 1.29 is 22.8 Å². The Hall–Kier alpha value is -3.26. The van der Waals surface area contributed by atoms with Gasteiger partial charge in [0, 0.05) is 78.2 Å². The topological polar surface area (TPSA) is 92.4 Å². The normalized spacial score (nSPS) is 29.8. The number of halogens is 3. The number of carbonyl (C=O) groups excluding carboxylic acids is 1. The van der Waals surface area contributed by atoms with E-state index in [4.69, 9.17) is 41.8 Å². The summed E-state index contributed by atoms with van der Waals surface area (Å²) in [7, 11) is -2.50. The number of fused-ring (bicyclic) bond motifs is 4. The lowest BCUT2D eigenvalue weighted by Crippen LogP contribution is -2.43. The summed E-state index contributed by atoms with van der Waals surface area (Å²) in [5.41, 5.74) is 4.13. The van der Waals surface area contributed by atoms with Crippen molar-refractivity contribution in [2.24, 2.45) is 11.8 Å². The number of likely N-dealkylation sites (tertiary alicyclic amines) is 1. The van der Waals surface area contributed by atoms with Crippen molar-refractivity contribution in [3.8, 4) is 17.2 Å². The third kappa shape index (κ3) is 5.09. The molecule has 260 valence electrons. The predicted molar refractivity (Wildman–Crippen MR) is 191 cm³/mol. The van der Waals surface area contributed by atoms with E-state index in [1.54, 1.807) is 18.2 Å². The maximum absolute atomic E-state index is 17.2. The Labute approximate surface area is 305 Å². The van der Waals surface area contributed by atoms with Crippen LogP contribution in [0.4, 0.5) is 4.39 Å². The number of methoxy groups -OCH3 is 1. The number of aromatic nitrogens is 2. The molecule has 1 amide bonds. The number of aryl methyl sites for hydroxylation is 2. The summed E-state index contributed by atoms with van der Waals surface area (Å²) in [6.45, 7) is 3.18. The fourth-order valence-electron chi connectivity index (χ4n) is 9.06. The van der Waals surface area contributed by atoms with E-state index in [0.29, 0.717) is 70.9 Å². The van der Waals surface area contributed by atoms with Gasteiger partial charge in [0.1, 0.15) is 5.52 Å². The summed E-state index contributed by atoms with van der Waals surface area (Å²) in [5, 5.41) is 15.4. The van der Waals surface area contributed by atoms with E-state index < -0.39 is 19.0 Å². The highest BCUT2D eigenvalue weighted by molar-refractivity contribution is 6.43. The predicted octanol–water partition coefficient (Wildman–Crippen LogP) is 7.85. The Morgan fingerprint density at radius 2 is 2.02 bits per heavy atom. The first-order valence-corrected chi connectivity index (χ1v) is 18.5. The number of benzene rings is 2. The molecule has 0 spiro atoms. The van der Waals surface area contributed by atoms with Crippen LogP contribution in [0.15, 0.2) is 30.3 Å². The van der Waals surface area contributed by atoms with E-state index in [-0.39, 0.29) is 59.1 Å². The Bertz CT molecular complexity index is 2190. The molecule has 10 rings (SSSR count). The number of ether oxygens (including phenoxy) is 2. The molecule has 3 saturated carbocycles. The Morgan fingerprint density at radius 3 is 2.72 bits per heavy atom. The van der Waals surface area contributed by atoms with Crippen molar-refractivity contribution in [2.45, 2.75) is 94.7 Å². The highest BCUT2D eigenvalue weighted by Gasteiger charge is 2.51. The van der Waals surface area contributed by atoms with Crippen LogP contribution in [0.2, 0.25) is 10.0 Å². The summed E-state index contributed by atoms with van der Waals surface area (Å²) in [4.78, 5) is 20.9. The SMILES string of the molecule is [2H]C([2H])([2H])O[C@@H]1CC[C@H]1O[C@H]1C[C@H](c2cc3c(C)nc4c(F)c(-c5cccc(Cl)c5Cl)c(CCC#N)cc4c3n2[C@H]2[C@H]3CN[C@@H]2C3)N(C(=O)C2CC2)C1. The van der Waals surface area contributed by atoms with Gasteiger partial charge in [-0.1, -0.05) is 35.3 Å². The molecule has 3 aliphatic heterocycles. The van der Waals surface area contributed by atoms with Crippen molar-refractivity contribution in [1.29, 1.82) is 5.26 Å². The number of nitrogens with zero attached hydrogens (tertiary/aromatic N) is 4. The van der Waals surface area contributed by atoms with Gasteiger partial charge in [0.25, 0.3) is 0 Å². The lowest BCUT2D eigenvalue weighted by Gasteiger charge is -2.39. The molecular weight excluding hydrogens is 676 g/mol. The summed E-state index contributed by atoms with van der Waals surface area (Å²) >= 11 is 13.1. The van der Waals surface area contributed by atoms with Gasteiger partial charge in [0.15, 0.2) is 5.82 Å². The van der Waals surface area contributed by atoms with Gasteiger partial charge in [-0.05, 0) is 75.1 Å². The molecule has 2 aromatic carbocycles. The second kappa shape index (κ2) is 12.5. The standard InChI is InChI=1S/C39H40Cl2FN5O3/c1-19-25-16-30(29-15-23(50-32-11-10-31(32)49-2)18-46(29)39(48)20-8-9-20)47(37-22-14-28(37)44-17-22)38(25)26-13-21(5-4-12-43)33(35(42)36(26)45-19)24-6-3-7-27(40)34(24)41/h3,6-7,13,16,20,22-23,28-29,31-32,37,44H,4-5,8-11,14-15,17-18H2,1-2H3/t22-,23+,28-,29-,31-,32-,37+/m1/s1/i2D3. The highest BCUT2D eigenvalue weighted by Crippen LogP contribution is 2.51. The van der Waals surface area contributed by atoms with Gasteiger partial charge in [0.2, 0.25) is 5.91 Å². The van der Waals surface area contributed by atoms with Gasteiger partial charge in [-0.3, -0.25) is 4.79 Å². The van der Waals surface area contributed by atoms with Crippen LogP contribution >= 0.6 is 23.2 Å². The average molecular weight is 720 g/mol. The van der Waals surface area contributed by atoms with Crippen LogP contribution < -0.4 is 5.32 Å². The lowest BCUT2D eigenvalue weighted by molar-refractivity contribution is -0.141. The van der Waals surface area contributed by atoms with Gasteiger partial charge in [-0.25, -0.2) is 9.37 Å². The first-order valence-electron chi connectivity index (χ1n) is 19.3. The number of hydrogen-bond donors (Lipinski definition) is 1. The summed E-state index contributed by atoms with van der Waals surface area (Å²) in [6.07, 6.45) is 3.97. The van der Waals surface area contributed by atoms with Gasteiger partial charge in [0.05, 0.1) is 56.1 Å². The largest absolute Gasteiger partial charge is 0.379 e. The lowest BCUT2D eigenvalue weighted by atomic mass is 9.79. The molecular formula is C39H40Cl2FN5O3. The fourth-order valence-corrected chi connectivity index (χ4v) is 9.45. The van der Waals surface area contributed by atoms with Crippen LogP contribution in [0.3, 0.4) is 0 Å². The minimum atomic E-state index is -2.50. The Balaban J connectivity index is 1.21. The molecule has 11 heteroatoms. The third-order valence-electron chi connectivity index (χ3n) is 11.9. The number of nitriles is 1. The molecule has 8 nitrogen and oxygen atoms in total. The molecule has 0 radical (unpaired) electrons. The molecule has 6 fully saturated rings. The van der Waals surface area contributed by atoms with Crippen molar-refractivity contribution in [2.75, 3.05) is 20.1 Å². The first-order chi connectivity index (χ1) is 25.4. The van der Waals surface area contributed by atoms with E-state index in [9.17, 15) is 10.1 Å². The van der Waals surface area contributed by atoms with E-state index in [2.05, 4.69) is 22.0 Å². The molecule has 4 aromatic rings. The zero-order valence-electron chi connectivity index (χ0n) is 30.7. The van der Waals surface area contributed by atoms with Crippen LogP contribution in [0.1, 0.15) is 78.1 Å². The van der Waals surface area contributed by atoms with Gasteiger partial charge >= 0.3 is 0 Å². The second-order valence-electron chi connectivity index (χ2n) is 14.8. The molecule has 50 heavy (non-hydrogen) atoms. The quantitative estimate of drug-likeness (QED) is 0.190. The fraction of sp³-hybridized carbons (Fsp3) is 0.513. The summed E-state index contributed by atoms with van der Waals surface area (Å²) in [6, 6.07) is 11.5. The number of amides is 1. The van der Waals surface area contributed by atoms with Crippen molar-refractivity contribution in [3.63, 3.8) is 0 Å². The number of rotatable bonds is 9. The van der Waals surface area contributed by atoms with Gasteiger partial charge in [-0.2, -0.15) is 5.26 Å². The summed E-state index contributed by atoms with van der Waals surface area (Å²) < 4.78 is 54.2. The zero-order valence-corrected chi connectivity index (χ0v) is 29.2. The van der Waals surface area contributed by atoms with Crippen molar-refractivity contribution in [3.05, 3.63) is 63.1 Å². The molecule has 0 unspecified atom stereocenters. The minimum Gasteiger partial charge on any atom is -0.379 e. The van der Waals surface area contributed by atoms with Crippen LogP contribution in [-0.2, 0) is 20.7 Å². The molecule has 1 N–H and O–H groups in total. The minimum absolute atomic E-state index is 0.0104. The smallest absolute Gasteiger partial charge is 0.226 e. The maximum Gasteiger partial charge on any atom is 0.226 e. The highest BCUT2D eigenvalue weighted by atomic mass is 35.5. The number of hydrogen-bond acceptors (Lipinski definition) is 6. The van der Waals surface area contributed by atoms with E-state index in [1.807, 2.05) is 17.9 Å². The summed E-state index contributed by atoms with van der Waals surface area (Å²) in [5.74, 6) is -0.0326. The van der Waals surface area contributed by atoms with E-state index >= 15 is 4.39 Å². The maximum atomic E-state index is 17.2. The molecule has 7 atom stereocenters. The Kier molecular flexibility index (Phi) is 7.31. The van der Waals surface area contributed by atoms with E-state index in [1.165, 1.54) is 0 Å².